The SMILES string of the molecule is C=CC(=O)Oc1ccccc1/C(=C(/c1ccc(Cl)cc1CN)C1CC1)c1ccc2[nH]ncc2c1. The quantitative estimate of drug-likeness (QED) is 0.147. The number of carbonyl (C=O) groups is 1. The number of aromatic amines is 1. The van der Waals surface area contributed by atoms with Crippen LogP contribution >= 0.6 is 11.6 Å². The predicted octanol–water partition coefficient (Wildman–Crippen LogP) is 6.14. The average molecular weight is 470 g/mol. The molecule has 0 amide bonds. The van der Waals surface area contributed by atoms with Gasteiger partial charge in [0.1, 0.15) is 5.75 Å². The fraction of sp³-hybridized carbons (Fsp3) is 0.143. The molecule has 6 heteroatoms. The van der Waals surface area contributed by atoms with Crippen LogP contribution in [0.15, 0.2) is 79.5 Å². The average Bonchev–Trinajstić information content (AvgIpc) is 3.59. The second kappa shape index (κ2) is 9.29. The van der Waals surface area contributed by atoms with Crippen LogP contribution in [0.1, 0.15) is 35.1 Å². The molecule has 1 aliphatic rings. The fourth-order valence-corrected chi connectivity index (χ4v) is 4.59. The first-order chi connectivity index (χ1) is 16.6. The number of para-hydroxylation sites is 1. The summed E-state index contributed by atoms with van der Waals surface area (Å²) in [5.74, 6) is 0.347. The van der Waals surface area contributed by atoms with Crippen LogP contribution in [0.5, 0.6) is 5.75 Å². The first-order valence-corrected chi connectivity index (χ1v) is 11.6. The van der Waals surface area contributed by atoms with Crippen LogP contribution in [0, 0.1) is 5.92 Å². The van der Waals surface area contributed by atoms with E-state index in [0.29, 0.717) is 23.2 Å². The molecule has 3 N–H and O–H groups in total. The van der Waals surface area contributed by atoms with E-state index >= 15 is 0 Å². The summed E-state index contributed by atoms with van der Waals surface area (Å²) in [6.45, 7) is 3.91. The number of esters is 1. The summed E-state index contributed by atoms with van der Waals surface area (Å²) in [5.41, 5.74) is 13.2. The minimum absolute atomic E-state index is 0.365. The standard InChI is InChI=1S/C28H24ClN3O2/c1-2-26(33)34-25-6-4-3-5-23(25)28(18-9-12-24-20(13-18)16-31-32-24)27(17-7-8-17)22-11-10-21(29)14-19(22)15-30/h2-6,9-14,16-17H,1,7-8,15,30H2,(H,31,32)/b28-27+. The zero-order valence-electron chi connectivity index (χ0n) is 18.6. The number of fused-ring (bicyclic) bond motifs is 1. The van der Waals surface area contributed by atoms with Crippen molar-refractivity contribution in [3.63, 3.8) is 0 Å². The Kier molecular flexibility index (Phi) is 6.05. The summed E-state index contributed by atoms with van der Waals surface area (Å²) < 4.78 is 5.68. The first kappa shape index (κ1) is 22.1. The highest BCUT2D eigenvalue weighted by Crippen LogP contribution is 2.50. The topological polar surface area (TPSA) is 81.0 Å². The van der Waals surface area contributed by atoms with E-state index in [0.717, 1.165) is 51.6 Å². The van der Waals surface area contributed by atoms with Crippen LogP contribution in [0.4, 0.5) is 0 Å². The van der Waals surface area contributed by atoms with E-state index in [2.05, 4.69) is 28.9 Å². The summed E-state index contributed by atoms with van der Waals surface area (Å²) >= 11 is 6.31. The van der Waals surface area contributed by atoms with Crippen molar-refractivity contribution in [3.05, 3.63) is 107 Å². The van der Waals surface area contributed by atoms with E-state index in [4.69, 9.17) is 22.1 Å². The number of ether oxygens (including phenoxy) is 1. The van der Waals surface area contributed by atoms with Gasteiger partial charge in [0, 0.05) is 28.6 Å². The van der Waals surface area contributed by atoms with E-state index in [9.17, 15) is 4.79 Å². The van der Waals surface area contributed by atoms with Crippen LogP contribution in [0.2, 0.25) is 5.02 Å². The number of H-pyrrole nitrogens is 1. The normalized spacial score (nSPS) is 14.1. The molecule has 0 aliphatic heterocycles. The van der Waals surface area contributed by atoms with Crippen LogP contribution in [0.25, 0.3) is 22.0 Å². The van der Waals surface area contributed by atoms with Crippen molar-refractivity contribution in [2.75, 3.05) is 0 Å². The number of nitrogens with one attached hydrogen (secondary N) is 1. The van der Waals surface area contributed by atoms with Gasteiger partial charge in [-0.05, 0) is 76.9 Å². The molecular formula is C28H24ClN3O2. The Morgan fingerprint density at radius 3 is 2.74 bits per heavy atom. The van der Waals surface area contributed by atoms with Gasteiger partial charge in [-0.2, -0.15) is 5.10 Å². The van der Waals surface area contributed by atoms with Crippen LogP contribution in [0.3, 0.4) is 0 Å². The summed E-state index contributed by atoms with van der Waals surface area (Å²) in [4.78, 5) is 12.2. The lowest BCUT2D eigenvalue weighted by Gasteiger charge is -2.21. The zero-order valence-corrected chi connectivity index (χ0v) is 19.3. The molecule has 170 valence electrons. The largest absolute Gasteiger partial charge is 0.423 e. The number of halogens is 1. The van der Waals surface area contributed by atoms with Crippen molar-refractivity contribution < 1.29 is 9.53 Å². The third kappa shape index (κ3) is 4.28. The molecule has 0 atom stereocenters. The number of benzene rings is 3. The maximum Gasteiger partial charge on any atom is 0.335 e. The molecule has 0 radical (unpaired) electrons. The maximum absolute atomic E-state index is 12.2. The van der Waals surface area contributed by atoms with Crippen LogP contribution in [-0.2, 0) is 11.3 Å². The molecule has 0 spiro atoms. The number of nitrogens with two attached hydrogens (primary N) is 1. The zero-order chi connectivity index (χ0) is 23.7. The molecule has 5 nitrogen and oxygen atoms in total. The van der Waals surface area contributed by atoms with Crippen LogP contribution in [-0.4, -0.2) is 16.2 Å². The molecule has 4 aromatic rings. The van der Waals surface area contributed by atoms with Crippen molar-refractivity contribution in [2.45, 2.75) is 19.4 Å². The van der Waals surface area contributed by atoms with Gasteiger partial charge in [0.05, 0.1) is 11.7 Å². The first-order valence-electron chi connectivity index (χ1n) is 11.2. The summed E-state index contributed by atoms with van der Waals surface area (Å²) in [6, 6.07) is 19.7. The van der Waals surface area contributed by atoms with Gasteiger partial charge in [0.2, 0.25) is 0 Å². The molecule has 1 saturated carbocycles. The van der Waals surface area contributed by atoms with Gasteiger partial charge in [0.25, 0.3) is 0 Å². The van der Waals surface area contributed by atoms with Crippen molar-refractivity contribution in [2.24, 2.45) is 11.7 Å². The van der Waals surface area contributed by atoms with Crippen molar-refractivity contribution in [1.82, 2.24) is 10.2 Å². The number of rotatable bonds is 7. The monoisotopic (exact) mass is 469 g/mol. The molecule has 5 rings (SSSR count). The highest BCUT2D eigenvalue weighted by Gasteiger charge is 2.32. The maximum atomic E-state index is 12.2. The van der Waals surface area contributed by atoms with Crippen molar-refractivity contribution >= 4 is 39.6 Å². The molecule has 0 unspecified atom stereocenters. The van der Waals surface area contributed by atoms with Gasteiger partial charge in [-0.1, -0.05) is 48.5 Å². The Labute approximate surface area is 202 Å². The van der Waals surface area contributed by atoms with E-state index in [1.54, 1.807) is 0 Å². The molecular weight excluding hydrogens is 446 g/mol. The summed E-state index contributed by atoms with van der Waals surface area (Å²) in [5, 5.41) is 8.85. The third-order valence-electron chi connectivity index (χ3n) is 6.09. The number of hydrogen-bond acceptors (Lipinski definition) is 4. The second-order valence-electron chi connectivity index (χ2n) is 8.36. The number of aromatic nitrogens is 2. The van der Waals surface area contributed by atoms with Gasteiger partial charge in [-0.25, -0.2) is 4.79 Å². The Hall–Kier alpha value is -3.67. The second-order valence-corrected chi connectivity index (χ2v) is 8.80. The third-order valence-corrected chi connectivity index (χ3v) is 6.33. The molecule has 1 aromatic heterocycles. The molecule has 1 fully saturated rings. The lowest BCUT2D eigenvalue weighted by Crippen LogP contribution is -2.08. The number of allylic oxidation sites excluding steroid dienone is 1. The molecule has 0 saturated heterocycles. The Bertz CT molecular complexity index is 1430. The highest BCUT2D eigenvalue weighted by molar-refractivity contribution is 6.30. The summed E-state index contributed by atoms with van der Waals surface area (Å²) in [6.07, 6.45) is 5.14. The predicted molar refractivity (Wildman–Crippen MR) is 136 cm³/mol. The minimum atomic E-state index is -0.501. The Balaban J connectivity index is 1.84. The highest BCUT2D eigenvalue weighted by atomic mass is 35.5. The molecule has 3 aromatic carbocycles. The van der Waals surface area contributed by atoms with Gasteiger partial charge < -0.3 is 10.5 Å². The van der Waals surface area contributed by atoms with Gasteiger partial charge in [-0.3, -0.25) is 5.10 Å². The fourth-order valence-electron chi connectivity index (χ4n) is 4.39. The lowest BCUT2D eigenvalue weighted by atomic mass is 9.84. The Morgan fingerprint density at radius 1 is 1.15 bits per heavy atom. The van der Waals surface area contributed by atoms with Gasteiger partial charge in [0.15, 0.2) is 0 Å². The molecule has 0 bridgehead atoms. The number of hydrogen-bond donors (Lipinski definition) is 2. The number of nitrogens with zero attached hydrogens (tertiary/aromatic N) is 1. The van der Waals surface area contributed by atoms with Gasteiger partial charge in [-0.15, -0.1) is 0 Å². The molecule has 34 heavy (non-hydrogen) atoms. The van der Waals surface area contributed by atoms with Crippen molar-refractivity contribution in [1.29, 1.82) is 0 Å². The smallest absolute Gasteiger partial charge is 0.335 e. The minimum Gasteiger partial charge on any atom is -0.423 e. The van der Waals surface area contributed by atoms with Crippen LogP contribution < -0.4 is 10.5 Å². The van der Waals surface area contributed by atoms with Crippen molar-refractivity contribution in [3.8, 4) is 5.75 Å². The van der Waals surface area contributed by atoms with Gasteiger partial charge >= 0.3 is 5.97 Å². The lowest BCUT2D eigenvalue weighted by molar-refractivity contribution is -0.128. The molecule has 1 aliphatic carbocycles. The van der Waals surface area contributed by atoms with E-state index in [1.165, 1.54) is 11.6 Å². The number of carbonyl (C=O) groups excluding carboxylic acids is 1. The van der Waals surface area contributed by atoms with E-state index in [1.807, 2.05) is 54.7 Å². The molecule has 1 heterocycles. The Morgan fingerprint density at radius 2 is 1.97 bits per heavy atom. The van der Waals surface area contributed by atoms with E-state index < -0.39 is 5.97 Å². The van der Waals surface area contributed by atoms with E-state index in [-0.39, 0.29) is 0 Å². The summed E-state index contributed by atoms with van der Waals surface area (Å²) in [7, 11) is 0.